The van der Waals surface area contributed by atoms with Crippen molar-refractivity contribution < 1.29 is 19.8 Å². The number of carboxylic acids is 2. The normalized spacial score (nSPS) is 10.3. The Kier molecular flexibility index (Phi) is 2.85. The molecular formula is C12H10N2O4. The summed E-state index contributed by atoms with van der Waals surface area (Å²) in [6.45, 7) is 1.58. The predicted molar refractivity (Wildman–Crippen MR) is 62.2 cm³/mol. The highest BCUT2D eigenvalue weighted by Gasteiger charge is 2.17. The summed E-state index contributed by atoms with van der Waals surface area (Å²) in [4.78, 5) is 22.0. The first kappa shape index (κ1) is 11.8. The first-order chi connectivity index (χ1) is 8.52. The minimum Gasteiger partial charge on any atom is -0.478 e. The molecule has 0 bridgehead atoms. The van der Waals surface area contributed by atoms with Crippen LogP contribution in [0.3, 0.4) is 0 Å². The average molecular weight is 246 g/mol. The summed E-state index contributed by atoms with van der Waals surface area (Å²) in [5.41, 5.74) is 0.849. The van der Waals surface area contributed by atoms with E-state index in [1.54, 1.807) is 25.1 Å². The minimum atomic E-state index is -1.09. The van der Waals surface area contributed by atoms with Crippen molar-refractivity contribution in [2.24, 2.45) is 0 Å². The van der Waals surface area contributed by atoms with Crippen LogP contribution in [0.15, 0.2) is 30.5 Å². The van der Waals surface area contributed by atoms with Crippen LogP contribution in [0.4, 0.5) is 0 Å². The number of carboxylic acid groups (broad SMARTS) is 2. The second-order valence-electron chi connectivity index (χ2n) is 3.68. The lowest BCUT2D eigenvalue weighted by atomic mass is 10.1. The summed E-state index contributed by atoms with van der Waals surface area (Å²) >= 11 is 0. The number of hydrogen-bond donors (Lipinski definition) is 2. The fourth-order valence-electron chi connectivity index (χ4n) is 1.70. The molecule has 0 saturated heterocycles. The van der Waals surface area contributed by atoms with E-state index in [0.29, 0.717) is 11.4 Å². The highest BCUT2D eigenvalue weighted by atomic mass is 16.4. The molecule has 0 unspecified atom stereocenters. The van der Waals surface area contributed by atoms with Gasteiger partial charge in [0.1, 0.15) is 5.56 Å². The van der Waals surface area contributed by atoms with E-state index in [9.17, 15) is 9.59 Å². The van der Waals surface area contributed by atoms with Gasteiger partial charge in [0.2, 0.25) is 0 Å². The molecule has 6 heteroatoms. The maximum atomic E-state index is 11.1. The first-order valence-corrected chi connectivity index (χ1v) is 5.13. The smallest absolute Gasteiger partial charge is 0.339 e. The summed E-state index contributed by atoms with van der Waals surface area (Å²) in [6, 6.07) is 6.29. The monoisotopic (exact) mass is 246 g/mol. The van der Waals surface area contributed by atoms with Crippen LogP contribution >= 0.6 is 0 Å². The van der Waals surface area contributed by atoms with E-state index < -0.39 is 11.9 Å². The number of aromatic carboxylic acids is 2. The fourth-order valence-corrected chi connectivity index (χ4v) is 1.70. The van der Waals surface area contributed by atoms with E-state index in [-0.39, 0.29) is 11.1 Å². The standard InChI is InChI=1S/C12H10N2O4/c1-7-9(12(17)18)6-13-14(7)10-5-3-2-4-8(10)11(15)16/h2-6H,1H3,(H,15,16)(H,17,18). The molecule has 1 heterocycles. The van der Waals surface area contributed by atoms with Crippen LogP contribution in [0.2, 0.25) is 0 Å². The van der Waals surface area contributed by atoms with Gasteiger partial charge in [0.05, 0.1) is 23.1 Å². The SMILES string of the molecule is Cc1c(C(=O)O)cnn1-c1ccccc1C(=O)O. The summed E-state index contributed by atoms with van der Waals surface area (Å²) < 4.78 is 1.31. The molecule has 2 rings (SSSR count). The topological polar surface area (TPSA) is 92.4 Å². The number of rotatable bonds is 3. The van der Waals surface area contributed by atoms with Gasteiger partial charge < -0.3 is 10.2 Å². The molecule has 0 saturated carbocycles. The van der Waals surface area contributed by atoms with Gasteiger partial charge in [0.15, 0.2) is 0 Å². The molecule has 18 heavy (non-hydrogen) atoms. The van der Waals surface area contributed by atoms with Gasteiger partial charge in [-0.15, -0.1) is 0 Å². The third-order valence-electron chi connectivity index (χ3n) is 2.60. The molecule has 0 atom stereocenters. The quantitative estimate of drug-likeness (QED) is 0.857. The van der Waals surface area contributed by atoms with Crippen molar-refractivity contribution in [1.82, 2.24) is 9.78 Å². The Labute approximate surface area is 102 Å². The number of nitrogens with zero attached hydrogens (tertiary/aromatic N) is 2. The van der Waals surface area contributed by atoms with E-state index in [0.717, 1.165) is 0 Å². The van der Waals surface area contributed by atoms with Crippen molar-refractivity contribution in [2.75, 3.05) is 0 Å². The Balaban J connectivity index is 2.63. The molecule has 1 aromatic carbocycles. The molecule has 0 amide bonds. The van der Waals surface area contributed by atoms with E-state index in [2.05, 4.69) is 5.10 Å². The molecule has 2 aromatic rings. The van der Waals surface area contributed by atoms with Crippen molar-refractivity contribution in [1.29, 1.82) is 0 Å². The Morgan fingerprint density at radius 1 is 1.11 bits per heavy atom. The van der Waals surface area contributed by atoms with Gasteiger partial charge in [-0.1, -0.05) is 12.1 Å². The second-order valence-corrected chi connectivity index (χ2v) is 3.68. The third kappa shape index (κ3) is 1.84. The zero-order valence-corrected chi connectivity index (χ0v) is 9.49. The number of hydrogen-bond acceptors (Lipinski definition) is 3. The number of benzene rings is 1. The van der Waals surface area contributed by atoms with Gasteiger partial charge in [0.25, 0.3) is 0 Å². The van der Waals surface area contributed by atoms with Crippen LogP contribution in [-0.4, -0.2) is 31.9 Å². The van der Waals surface area contributed by atoms with Crippen molar-refractivity contribution in [2.45, 2.75) is 6.92 Å². The predicted octanol–water partition coefficient (Wildman–Crippen LogP) is 1.58. The average Bonchev–Trinajstić information content (AvgIpc) is 2.71. The van der Waals surface area contributed by atoms with E-state index in [1.807, 2.05) is 0 Å². The molecule has 0 radical (unpaired) electrons. The van der Waals surface area contributed by atoms with Crippen LogP contribution < -0.4 is 0 Å². The van der Waals surface area contributed by atoms with Gasteiger partial charge in [-0.25, -0.2) is 14.3 Å². The van der Waals surface area contributed by atoms with Crippen LogP contribution in [-0.2, 0) is 0 Å². The van der Waals surface area contributed by atoms with Crippen molar-refractivity contribution >= 4 is 11.9 Å². The van der Waals surface area contributed by atoms with Gasteiger partial charge in [-0.05, 0) is 19.1 Å². The van der Waals surface area contributed by atoms with Gasteiger partial charge in [0, 0.05) is 0 Å². The van der Waals surface area contributed by atoms with Crippen molar-refractivity contribution in [3.8, 4) is 5.69 Å². The molecule has 6 nitrogen and oxygen atoms in total. The van der Waals surface area contributed by atoms with Gasteiger partial charge in [-0.2, -0.15) is 5.10 Å². The van der Waals surface area contributed by atoms with Crippen LogP contribution in [0.25, 0.3) is 5.69 Å². The van der Waals surface area contributed by atoms with Crippen LogP contribution in [0.1, 0.15) is 26.4 Å². The highest BCUT2D eigenvalue weighted by Crippen LogP contribution is 2.18. The Bertz CT molecular complexity index is 631. The third-order valence-corrected chi connectivity index (χ3v) is 2.60. The molecule has 0 fully saturated rings. The Morgan fingerprint density at radius 2 is 1.72 bits per heavy atom. The summed E-state index contributed by atoms with van der Waals surface area (Å²) in [5.74, 6) is -2.18. The first-order valence-electron chi connectivity index (χ1n) is 5.13. The lowest BCUT2D eigenvalue weighted by molar-refractivity contribution is 0.0686. The van der Waals surface area contributed by atoms with E-state index >= 15 is 0 Å². The van der Waals surface area contributed by atoms with Crippen LogP contribution in [0.5, 0.6) is 0 Å². The van der Waals surface area contributed by atoms with Crippen LogP contribution in [0, 0.1) is 6.92 Å². The highest BCUT2D eigenvalue weighted by molar-refractivity contribution is 5.92. The number of aromatic nitrogens is 2. The summed E-state index contributed by atoms with van der Waals surface area (Å²) in [6.07, 6.45) is 1.20. The molecule has 92 valence electrons. The molecule has 1 aromatic heterocycles. The summed E-state index contributed by atoms with van der Waals surface area (Å²) in [7, 11) is 0. The van der Waals surface area contributed by atoms with Gasteiger partial charge in [-0.3, -0.25) is 0 Å². The van der Waals surface area contributed by atoms with E-state index in [1.165, 1.54) is 16.9 Å². The fraction of sp³-hybridized carbons (Fsp3) is 0.0833. The zero-order chi connectivity index (χ0) is 13.3. The Hall–Kier alpha value is -2.63. The van der Waals surface area contributed by atoms with Crippen molar-refractivity contribution in [3.63, 3.8) is 0 Å². The maximum absolute atomic E-state index is 11.1. The molecule has 0 aliphatic rings. The molecule has 0 aliphatic carbocycles. The lowest BCUT2D eigenvalue weighted by Gasteiger charge is -2.07. The lowest BCUT2D eigenvalue weighted by Crippen LogP contribution is -2.08. The molecular weight excluding hydrogens is 236 g/mol. The largest absolute Gasteiger partial charge is 0.478 e. The van der Waals surface area contributed by atoms with Gasteiger partial charge >= 0.3 is 11.9 Å². The summed E-state index contributed by atoms with van der Waals surface area (Å²) in [5, 5.41) is 21.9. The second kappa shape index (κ2) is 4.33. The zero-order valence-electron chi connectivity index (χ0n) is 9.49. The molecule has 2 N–H and O–H groups in total. The van der Waals surface area contributed by atoms with Crippen molar-refractivity contribution in [3.05, 3.63) is 47.3 Å². The minimum absolute atomic E-state index is 0.0511. The number of para-hydroxylation sites is 1. The maximum Gasteiger partial charge on any atom is 0.339 e. The molecule has 0 aliphatic heterocycles. The van der Waals surface area contributed by atoms with E-state index in [4.69, 9.17) is 10.2 Å². The Morgan fingerprint density at radius 3 is 2.28 bits per heavy atom. The number of carbonyl (C=O) groups is 2. The molecule has 0 spiro atoms.